The summed E-state index contributed by atoms with van der Waals surface area (Å²) < 4.78 is 0. The molecule has 1 aromatic rings. The second-order valence-electron chi connectivity index (χ2n) is 9.28. The number of imide groups is 1. The van der Waals surface area contributed by atoms with Crippen molar-refractivity contribution in [2.75, 3.05) is 19.6 Å². The molecule has 8 heteroatoms. The maximum absolute atomic E-state index is 13.1. The van der Waals surface area contributed by atoms with Gasteiger partial charge in [0.05, 0.1) is 13.0 Å². The van der Waals surface area contributed by atoms with Crippen molar-refractivity contribution in [1.29, 1.82) is 0 Å². The summed E-state index contributed by atoms with van der Waals surface area (Å²) in [7, 11) is 0. The summed E-state index contributed by atoms with van der Waals surface area (Å²) in [5.41, 5.74) is 0.869. The molecule has 4 heterocycles. The fourth-order valence-corrected chi connectivity index (χ4v) is 5.75. The number of carbonyl (C=O) groups is 4. The molecule has 4 aliphatic rings. The highest BCUT2D eigenvalue weighted by atomic mass is 16.2. The number of rotatable bonds is 4. The minimum atomic E-state index is -0.807. The van der Waals surface area contributed by atoms with Gasteiger partial charge in [0.2, 0.25) is 11.8 Å². The average Bonchev–Trinajstić information content (AvgIpc) is 3.02. The zero-order chi connectivity index (χ0) is 21.5. The van der Waals surface area contributed by atoms with E-state index in [1.165, 1.54) is 4.90 Å². The second-order valence-corrected chi connectivity index (χ2v) is 9.28. The van der Waals surface area contributed by atoms with Crippen molar-refractivity contribution < 1.29 is 19.2 Å². The van der Waals surface area contributed by atoms with Crippen LogP contribution in [-0.4, -0.2) is 70.2 Å². The standard InChI is InChI=1S/C23H28N4O4/c28-20-8-4-7-19-17-9-16(13-26(19)20)11-25(14-17)21(29)10-18-22(30)27(23(31)24-18)12-15-5-2-1-3-6-15/h1-3,5-6,16-19H,4,7-14H2,(H,24,31)/t16-,17+,18?,19?/m1/s1. The number of hydrogen-bond donors (Lipinski definition) is 1. The highest BCUT2D eigenvalue weighted by Crippen LogP contribution is 2.38. The van der Waals surface area contributed by atoms with Crippen molar-refractivity contribution in [3.05, 3.63) is 35.9 Å². The maximum Gasteiger partial charge on any atom is 0.325 e. The van der Waals surface area contributed by atoms with Crippen molar-refractivity contribution in [2.45, 2.75) is 50.7 Å². The summed E-state index contributed by atoms with van der Waals surface area (Å²) in [4.78, 5) is 55.6. The number of carbonyl (C=O) groups excluding carboxylic acids is 4. The number of nitrogens with zero attached hydrogens (tertiary/aromatic N) is 3. The van der Waals surface area contributed by atoms with Crippen LogP contribution in [0.25, 0.3) is 0 Å². The molecule has 4 aliphatic heterocycles. The highest BCUT2D eigenvalue weighted by molar-refractivity contribution is 6.05. The number of urea groups is 1. The molecular formula is C23H28N4O4. The van der Waals surface area contributed by atoms with Crippen molar-refractivity contribution in [2.24, 2.45) is 11.8 Å². The van der Waals surface area contributed by atoms with Crippen LogP contribution in [0, 0.1) is 11.8 Å². The predicted octanol–water partition coefficient (Wildman–Crippen LogP) is 1.36. The Bertz CT molecular complexity index is 904. The van der Waals surface area contributed by atoms with Crippen LogP contribution in [0.1, 0.15) is 37.7 Å². The zero-order valence-corrected chi connectivity index (χ0v) is 17.5. The van der Waals surface area contributed by atoms with Gasteiger partial charge in [-0.1, -0.05) is 30.3 Å². The number of likely N-dealkylation sites (tertiary alicyclic amines) is 1. The van der Waals surface area contributed by atoms with E-state index < -0.39 is 12.1 Å². The Balaban J connectivity index is 1.21. The SMILES string of the molecule is O=C(CC1NC(=O)N(Cc2ccccc2)C1=O)N1C[C@H]2C[C@@H](C1)C1CCCC(=O)N1C2. The third-order valence-electron chi connectivity index (χ3n) is 7.20. The monoisotopic (exact) mass is 424 g/mol. The number of hydrogen-bond acceptors (Lipinski definition) is 4. The number of piperidine rings is 3. The smallest absolute Gasteiger partial charge is 0.325 e. The van der Waals surface area contributed by atoms with Crippen LogP contribution in [-0.2, 0) is 20.9 Å². The van der Waals surface area contributed by atoms with Crippen LogP contribution < -0.4 is 5.32 Å². The van der Waals surface area contributed by atoms with Crippen LogP contribution in [0.15, 0.2) is 30.3 Å². The molecule has 5 rings (SSSR count). The molecular weight excluding hydrogens is 396 g/mol. The summed E-state index contributed by atoms with van der Waals surface area (Å²) in [5.74, 6) is 0.422. The number of fused-ring (bicyclic) bond motifs is 4. The minimum Gasteiger partial charge on any atom is -0.342 e. The molecule has 0 aromatic heterocycles. The Hall–Kier alpha value is -2.90. The van der Waals surface area contributed by atoms with Crippen molar-refractivity contribution in [3.8, 4) is 0 Å². The van der Waals surface area contributed by atoms with Crippen molar-refractivity contribution >= 4 is 23.8 Å². The Morgan fingerprint density at radius 1 is 1.06 bits per heavy atom. The normalized spacial score (nSPS) is 30.3. The number of nitrogens with one attached hydrogen (secondary N) is 1. The highest BCUT2D eigenvalue weighted by Gasteiger charge is 2.46. The van der Waals surface area contributed by atoms with Gasteiger partial charge < -0.3 is 15.1 Å². The molecule has 0 radical (unpaired) electrons. The van der Waals surface area contributed by atoms with Gasteiger partial charge in [-0.05, 0) is 36.7 Å². The van der Waals surface area contributed by atoms with Crippen molar-refractivity contribution in [3.63, 3.8) is 0 Å². The van der Waals surface area contributed by atoms with Gasteiger partial charge in [0.15, 0.2) is 0 Å². The lowest BCUT2D eigenvalue weighted by Gasteiger charge is -2.52. The molecule has 1 N–H and O–H groups in total. The predicted molar refractivity (Wildman–Crippen MR) is 111 cm³/mol. The second kappa shape index (κ2) is 7.98. The molecule has 2 bridgehead atoms. The first-order valence-corrected chi connectivity index (χ1v) is 11.2. The first-order valence-electron chi connectivity index (χ1n) is 11.2. The quantitative estimate of drug-likeness (QED) is 0.739. The van der Waals surface area contributed by atoms with Gasteiger partial charge in [-0.3, -0.25) is 19.3 Å². The summed E-state index contributed by atoms with van der Waals surface area (Å²) in [6, 6.07) is 8.33. The first-order chi connectivity index (χ1) is 15.0. The van der Waals surface area contributed by atoms with Crippen LogP contribution in [0.5, 0.6) is 0 Å². The molecule has 31 heavy (non-hydrogen) atoms. The first kappa shape index (κ1) is 20.0. The Labute approximate surface area is 181 Å². The van der Waals surface area contributed by atoms with Crippen molar-refractivity contribution in [1.82, 2.24) is 20.0 Å². The summed E-state index contributed by atoms with van der Waals surface area (Å²) in [6.45, 7) is 2.18. The van der Waals surface area contributed by atoms with Crippen LogP contribution in [0.4, 0.5) is 4.79 Å². The number of benzene rings is 1. The molecule has 4 saturated heterocycles. The molecule has 1 aromatic carbocycles. The van der Waals surface area contributed by atoms with E-state index in [4.69, 9.17) is 0 Å². The van der Waals surface area contributed by atoms with Gasteiger partial charge >= 0.3 is 6.03 Å². The van der Waals surface area contributed by atoms with Gasteiger partial charge in [-0.2, -0.15) is 0 Å². The van der Waals surface area contributed by atoms with E-state index >= 15 is 0 Å². The van der Waals surface area contributed by atoms with Crippen LogP contribution >= 0.6 is 0 Å². The van der Waals surface area contributed by atoms with Gasteiger partial charge in [-0.15, -0.1) is 0 Å². The third kappa shape index (κ3) is 3.79. The molecule has 4 atom stereocenters. The molecule has 0 aliphatic carbocycles. The van der Waals surface area contributed by atoms with E-state index in [1.54, 1.807) is 0 Å². The van der Waals surface area contributed by atoms with E-state index in [0.717, 1.165) is 31.4 Å². The third-order valence-corrected chi connectivity index (χ3v) is 7.20. The van der Waals surface area contributed by atoms with E-state index in [2.05, 4.69) is 5.32 Å². The lowest BCUT2D eigenvalue weighted by molar-refractivity contribution is -0.149. The molecule has 0 spiro atoms. The molecule has 8 nitrogen and oxygen atoms in total. The fourth-order valence-electron chi connectivity index (χ4n) is 5.75. The Kier molecular flexibility index (Phi) is 5.16. The van der Waals surface area contributed by atoms with Crippen LogP contribution in [0.3, 0.4) is 0 Å². The van der Waals surface area contributed by atoms with Gasteiger partial charge in [-0.25, -0.2) is 4.79 Å². The largest absolute Gasteiger partial charge is 0.342 e. The van der Waals surface area contributed by atoms with E-state index in [0.29, 0.717) is 31.3 Å². The maximum atomic E-state index is 13.1. The van der Waals surface area contributed by atoms with Crippen LogP contribution in [0.2, 0.25) is 0 Å². The molecule has 4 fully saturated rings. The van der Waals surface area contributed by atoms with E-state index in [9.17, 15) is 19.2 Å². The topological polar surface area (TPSA) is 90.0 Å². The summed E-state index contributed by atoms with van der Waals surface area (Å²) in [6.07, 6.45) is 3.62. The molecule has 5 amide bonds. The fraction of sp³-hybridized carbons (Fsp3) is 0.565. The minimum absolute atomic E-state index is 0.0113. The van der Waals surface area contributed by atoms with E-state index in [1.807, 2.05) is 40.1 Å². The zero-order valence-electron chi connectivity index (χ0n) is 17.5. The average molecular weight is 425 g/mol. The summed E-state index contributed by atoms with van der Waals surface area (Å²) >= 11 is 0. The van der Waals surface area contributed by atoms with Gasteiger partial charge in [0.1, 0.15) is 6.04 Å². The molecule has 2 unspecified atom stereocenters. The Morgan fingerprint density at radius 3 is 2.68 bits per heavy atom. The Morgan fingerprint density at radius 2 is 1.87 bits per heavy atom. The lowest BCUT2D eigenvalue weighted by Crippen LogP contribution is -2.61. The van der Waals surface area contributed by atoms with Gasteiger partial charge in [0.25, 0.3) is 5.91 Å². The van der Waals surface area contributed by atoms with Gasteiger partial charge in [0, 0.05) is 32.1 Å². The molecule has 0 saturated carbocycles. The van der Waals surface area contributed by atoms with E-state index in [-0.39, 0.29) is 36.7 Å². The lowest BCUT2D eigenvalue weighted by atomic mass is 9.76. The molecule has 164 valence electrons. The number of amides is 5. The summed E-state index contributed by atoms with van der Waals surface area (Å²) in [5, 5.41) is 2.68.